The quantitative estimate of drug-likeness (QED) is 0.769. The standard InChI is InChI=1S/C13H17NO3/c1-3-4-10-5-7-11(8-6-10)14-12(15)9(2)13(16)17/h5-9H,3-4H2,1-2H3,(H,14,15)(H,16,17). The molecule has 2 N–H and O–H groups in total. The monoisotopic (exact) mass is 235 g/mol. The molecule has 4 heteroatoms. The average Bonchev–Trinajstić information content (AvgIpc) is 2.30. The van der Waals surface area contributed by atoms with Crippen LogP contribution in [0.25, 0.3) is 0 Å². The van der Waals surface area contributed by atoms with Crippen LogP contribution in [0.15, 0.2) is 24.3 Å². The van der Waals surface area contributed by atoms with Crippen LogP contribution >= 0.6 is 0 Å². The Hall–Kier alpha value is -1.84. The molecule has 17 heavy (non-hydrogen) atoms. The fraction of sp³-hybridized carbons (Fsp3) is 0.385. The predicted octanol–water partition coefficient (Wildman–Crippen LogP) is 2.30. The number of carbonyl (C=O) groups is 2. The fourth-order valence-electron chi connectivity index (χ4n) is 1.41. The Morgan fingerprint density at radius 3 is 2.35 bits per heavy atom. The first kappa shape index (κ1) is 13.2. The molecule has 0 bridgehead atoms. The molecule has 1 aromatic carbocycles. The molecule has 1 aromatic rings. The molecule has 0 saturated heterocycles. The van der Waals surface area contributed by atoms with E-state index >= 15 is 0 Å². The zero-order valence-corrected chi connectivity index (χ0v) is 10.1. The first-order valence-electron chi connectivity index (χ1n) is 5.67. The summed E-state index contributed by atoms with van der Waals surface area (Å²) in [4.78, 5) is 22.1. The van der Waals surface area contributed by atoms with Gasteiger partial charge in [0, 0.05) is 5.69 Å². The van der Waals surface area contributed by atoms with Gasteiger partial charge in [0.2, 0.25) is 5.91 Å². The normalized spacial score (nSPS) is 11.9. The number of carboxylic acid groups (broad SMARTS) is 1. The van der Waals surface area contributed by atoms with Crippen molar-refractivity contribution in [3.8, 4) is 0 Å². The average molecular weight is 235 g/mol. The second kappa shape index (κ2) is 6.03. The van der Waals surface area contributed by atoms with Gasteiger partial charge >= 0.3 is 5.97 Å². The van der Waals surface area contributed by atoms with Gasteiger partial charge in [0.1, 0.15) is 5.92 Å². The zero-order valence-electron chi connectivity index (χ0n) is 10.1. The molecule has 0 spiro atoms. The Labute approximate surface area is 101 Å². The predicted molar refractivity (Wildman–Crippen MR) is 65.9 cm³/mol. The largest absolute Gasteiger partial charge is 0.481 e. The summed E-state index contributed by atoms with van der Waals surface area (Å²) >= 11 is 0. The summed E-state index contributed by atoms with van der Waals surface area (Å²) < 4.78 is 0. The molecule has 1 rings (SSSR count). The van der Waals surface area contributed by atoms with Crippen LogP contribution in [0.3, 0.4) is 0 Å². The number of anilines is 1. The number of amides is 1. The molecule has 0 heterocycles. The van der Waals surface area contributed by atoms with Crippen molar-refractivity contribution in [1.82, 2.24) is 0 Å². The van der Waals surface area contributed by atoms with E-state index < -0.39 is 17.8 Å². The van der Waals surface area contributed by atoms with Crippen LogP contribution in [0.2, 0.25) is 0 Å². The van der Waals surface area contributed by atoms with Gasteiger partial charge in [0.15, 0.2) is 0 Å². The fourth-order valence-corrected chi connectivity index (χ4v) is 1.41. The number of nitrogens with one attached hydrogen (secondary N) is 1. The summed E-state index contributed by atoms with van der Waals surface area (Å²) in [7, 11) is 0. The highest BCUT2D eigenvalue weighted by atomic mass is 16.4. The van der Waals surface area contributed by atoms with Crippen molar-refractivity contribution in [1.29, 1.82) is 0 Å². The van der Waals surface area contributed by atoms with Crippen molar-refractivity contribution < 1.29 is 14.7 Å². The third-order valence-corrected chi connectivity index (χ3v) is 2.52. The minimum Gasteiger partial charge on any atom is -0.481 e. The second-order valence-corrected chi connectivity index (χ2v) is 4.00. The van der Waals surface area contributed by atoms with E-state index in [2.05, 4.69) is 12.2 Å². The van der Waals surface area contributed by atoms with Gasteiger partial charge in [-0.3, -0.25) is 9.59 Å². The SMILES string of the molecule is CCCc1ccc(NC(=O)C(C)C(=O)O)cc1. The molecule has 4 nitrogen and oxygen atoms in total. The molecule has 1 unspecified atom stereocenters. The summed E-state index contributed by atoms with van der Waals surface area (Å²) in [5, 5.41) is 11.3. The highest BCUT2D eigenvalue weighted by Gasteiger charge is 2.20. The Kier molecular flexibility index (Phi) is 4.69. The Bertz CT molecular complexity index is 398. The van der Waals surface area contributed by atoms with Crippen molar-refractivity contribution in [3.63, 3.8) is 0 Å². The van der Waals surface area contributed by atoms with E-state index in [0.717, 1.165) is 12.8 Å². The molecular formula is C13H17NO3. The lowest BCUT2D eigenvalue weighted by Crippen LogP contribution is -2.26. The maximum Gasteiger partial charge on any atom is 0.315 e. The minimum atomic E-state index is -1.12. The van der Waals surface area contributed by atoms with Crippen LogP contribution in [0.4, 0.5) is 5.69 Å². The number of hydrogen-bond donors (Lipinski definition) is 2. The Balaban J connectivity index is 2.63. The number of aliphatic carboxylic acids is 1. The molecule has 0 aliphatic heterocycles. The summed E-state index contributed by atoms with van der Waals surface area (Å²) in [6, 6.07) is 7.45. The van der Waals surface area contributed by atoms with Crippen LogP contribution < -0.4 is 5.32 Å². The van der Waals surface area contributed by atoms with Crippen LogP contribution in [0, 0.1) is 5.92 Å². The third-order valence-electron chi connectivity index (χ3n) is 2.52. The summed E-state index contributed by atoms with van der Waals surface area (Å²) in [5.41, 5.74) is 1.83. The molecule has 0 aliphatic rings. The zero-order chi connectivity index (χ0) is 12.8. The molecule has 0 radical (unpaired) electrons. The lowest BCUT2D eigenvalue weighted by molar-refractivity contribution is -0.144. The highest BCUT2D eigenvalue weighted by molar-refractivity contribution is 6.03. The first-order chi connectivity index (χ1) is 8.04. The van der Waals surface area contributed by atoms with Gasteiger partial charge in [-0.25, -0.2) is 0 Å². The van der Waals surface area contributed by atoms with E-state index in [0.29, 0.717) is 5.69 Å². The third kappa shape index (κ3) is 3.90. The smallest absolute Gasteiger partial charge is 0.315 e. The van der Waals surface area contributed by atoms with Gasteiger partial charge < -0.3 is 10.4 Å². The lowest BCUT2D eigenvalue weighted by Gasteiger charge is -2.08. The maximum atomic E-state index is 11.5. The van der Waals surface area contributed by atoms with E-state index in [1.165, 1.54) is 12.5 Å². The number of carbonyl (C=O) groups excluding carboxylic acids is 1. The van der Waals surface area contributed by atoms with E-state index in [4.69, 9.17) is 5.11 Å². The van der Waals surface area contributed by atoms with E-state index in [1.54, 1.807) is 12.1 Å². The van der Waals surface area contributed by atoms with Gasteiger partial charge in [-0.2, -0.15) is 0 Å². The van der Waals surface area contributed by atoms with Gasteiger partial charge in [0.05, 0.1) is 0 Å². The van der Waals surface area contributed by atoms with Gasteiger partial charge in [-0.15, -0.1) is 0 Å². The molecule has 1 atom stereocenters. The molecule has 0 fully saturated rings. The first-order valence-corrected chi connectivity index (χ1v) is 5.67. The van der Waals surface area contributed by atoms with E-state index in [-0.39, 0.29) is 0 Å². The second-order valence-electron chi connectivity index (χ2n) is 4.00. The topological polar surface area (TPSA) is 66.4 Å². The number of rotatable bonds is 5. The van der Waals surface area contributed by atoms with Crippen LogP contribution in [-0.4, -0.2) is 17.0 Å². The van der Waals surface area contributed by atoms with Gasteiger partial charge in [0.25, 0.3) is 0 Å². The molecule has 0 saturated carbocycles. The molecule has 0 aromatic heterocycles. The Morgan fingerprint density at radius 1 is 1.29 bits per heavy atom. The minimum absolute atomic E-state index is 0.499. The van der Waals surface area contributed by atoms with E-state index in [9.17, 15) is 9.59 Å². The molecular weight excluding hydrogens is 218 g/mol. The van der Waals surface area contributed by atoms with Crippen LogP contribution in [-0.2, 0) is 16.0 Å². The number of hydrogen-bond acceptors (Lipinski definition) is 2. The summed E-state index contributed by atoms with van der Waals surface area (Å²) in [5.74, 6) is -2.66. The molecule has 0 aliphatic carbocycles. The van der Waals surface area contributed by atoms with Gasteiger partial charge in [-0.05, 0) is 31.0 Å². The number of carboxylic acids is 1. The highest BCUT2D eigenvalue weighted by Crippen LogP contribution is 2.12. The van der Waals surface area contributed by atoms with Crippen molar-refractivity contribution in [2.45, 2.75) is 26.7 Å². The van der Waals surface area contributed by atoms with Crippen LogP contribution in [0.1, 0.15) is 25.8 Å². The lowest BCUT2D eigenvalue weighted by atomic mass is 10.1. The molecule has 92 valence electrons. The maximum absolute atomic E-state index is 11.5. The van der Waals surface area contributed by atoms with Gasteiger partial charge in [-0.1, -0.05) is 25.5 Å². The summed E-state index contributed by atoms with van der Waals surface area (Å²) in [6.07, 6.45) is 2.07. The van der Waals surface area contributed by atoms with E-state index in [1.807, 2.05) is 12.1 Å². The van der Waals surface area contributed by atoms with Crippen molar-refractivity contribution in [2.24, 2.45) is 5.92 Å². The van der Waals surface area contributed by atoms with Crippen LogP contribution in [0.5, 0.6) is 0 Å². The summed E-state index contributed by atoms with van der Waals surface area (Å²) in [6.45, 7) is 3.47. The van der Waals surface area contributed by atoms with Crippen molar-refractivity contribution >= 4 is 17.6 Å². The number of benzene rings is 1. The molecule has 1 amide bonds. The van der Waals surface area contributed by atoms with Crippen molar-refractivity contribution in [3.05, 3.63) is 29.8 Å². The Morgan fingerprint density at radius 2 is 1.88 bits per heavy atom. The van der Waals surface area contributed by atoms with Crippen molar-refractivity contribution in [2.75, 3.05) is 5.32 Å². The number of aryl methyl sites for hydroxylation is 1.